The third-order valence-electron chi connectivity index (χ3n) is 7.02. The lowest BCUT2D eigenvalue weighted by Gasteiger charge is -2.29. The van der Waals surface area contributed by atoms with Crippen LogP contribution in [0.1, 0.15) is 18.4 Å². The van der Waals surface area contributed by atoms with E-state index in [0.29, 0.717) is 12.6 Å². The number of hydrogen-bond acceptors (Lipinski definition) is 6. The first-order chi connectivity index (χ1) is 18.3. The van der Waals surface area contributed by atoms with Crippen molar-refractivity contribution in [1.82, 2.24) is 19.7 Å². The van der Waals surface area contributed by atoms with Crippen LogP contribution >= 0.6 is 0 Å². The Hall–Kier alpha value is -3.04. The van der Waals surface area contributed by atoms with E-state index in [2.05, 4.69) is 65.0 Å². The molecule has 0 unspecified atom stereocenters. The Balaban J connectivity index is 1.19. The minimum absolute atomic E-state index is 0.139. The van der Waals surface area contributed by atoms with Gasteiger partial charge in [-0.1, -0.05) is 37.8 Å². The third-order valence-corrected chi connectivity index (χ3v) is 8.72. The first-order valence-electron chi connectivity index (χ1n) is 13.5. The molecule has 8 heteroatoms. The van der Waals surface area contributed by atoms with Gasteiger partial charge in [-0.15, -0.1) is 0 Å². The zero-order chi connectivity index (χ0) is 26.5. The van der Waals surface area contributed by atoms with Gasteiger partial charge in [0.1, 0.15) is 12.5 Å². The van der Waals surface area contributed by atoms with Crippen LogP contribution in [0.25, 0.3) is 22.0 Å². The number of hydrogen-bond donors (Lipinski definition) is 1. The molecule has 0 amide bonds. The average Bonchev–Trinajstić information content (AvgIpc) is 3.36. The van der Waals surface area contributed by atoms with Crippen molar-refractivity contribution in [2.45, 2.75) is 57.9 Å². The molecule has 3 heterocycles. The lowest BCUT2D eigenvalue weighted by atomic mass is 10.0. The summed E-state index contributed by atoms with van der Waals surface area (Å²) in [6, 6.07) is 19.7. The number of aliphatic hydroxyl groups is 1. The Bertz CT molecular complexity index is 1340. The molecule has 4 aromatic rings. The summed E-state index contributed by atoms with van der Waals surface area (Å²) in [6.45, 7) is 11.1. The quantitative estimate of drug-likeness (QED) is 0.196. The van der Waals surface area contributed by atoms with Crippen LogP contribution in [0, 0.1) is 0 Å². The van der Waals surface area contributed by atoms with Gasteiger partial charge in [0, 0.05) is 58.3 Å². The molecule has 1 fully saturated rings. The maximum Gasteiger partial charge on any atom is 0.219 e. The maximum atomic E-state index is 9.74. The van der Waals surface area contributed by atoms with Crippen molar-refractivity contribution in [1.29, 1.82) is 0 Å². The maximum absolute atomic E-state index is 9.74. The van der Waals surface area contributed by atoms with Gasteiger partial charge in [-0.05, 0) is 65.6 Å². The van der Waals surface area contributed by atoms with Crippen LogP contribution in [0.4, 0.5) is 0 Å². The number of pyridine rings is 1. The molecule has 1 saturated heterocycles. The van der Waals surface area contributed by atoms with Crippen LogP contribution < -0.4 is 4.74 Å². The van der Waals surface area contributed by atoms with E-state index >= 15 is 0 Å². The molecule has 7 nitrogen and oxygen atoms in total. The van der Waals surface area contributed by atoms with Gasteiger partial charge in [0.05, 0.1) is 11.8 Å². The molecule has 0 aliphatic carbocycles. The SMILES string of the molecule is C[Si](C)(C)CCOCn1nccc1-c1ccc(Oc2ccc3cc(CN4CCC(O)CC4)ccc3c2)nc1. The van der Waals surface area contributed by atoms with Crippen LogP contribution in [0.5, 0.6) is 11.6 Å². The van der Waals surface area contributed by atoms with E-state index in [4.69, 9.17) is 9.47 Å². The van der Waals surface area contributed by atoms with E-state index < -0.39 is 8.07 Å². The van der Waals surface area contributed by atoms with Gasteiger partial charge >= 0.3 is 0 Å². The van der Waals surface area contributed by atoms with Crippen LogP contribution in [-0.2, 0) is 18.0 Å². The molecule has 0 spiro atoms. The van der Waals surface area contributed by atoms with E-state index in [1.165, 1.54) is 10.9 Å². The number of ether oxygens (including phenoxy) is 2. The number of benzene rings is 2. The summed E-state index contributed by atoms with van der Waals surface area (Å²) < 4.78 is 13.8. The summed E-state index contributed by atoms with van der Waals surface area (Å²) in [6.07, 6.45) is 5.19. The summed E-state index contributed by atoms with van der Waals surface area (Å²) in [5.74, 6) is 1.31. The highest BCUT2D eigenvalue weighted by atomic mass is 28.3. The molecular weight excluding hydrogens is 492 g/mol. The molecule has 2 aromatic heterocycles. The molecule has 0 saturated carbocycles. The zero-order valence-corrected chi connectivity index (χ0v) is 23.6. The van der Waals surface area contributed by atoms with E-state index in [1.54, 1.807) is 6.20 Å². The van der Waals surface area contributed by atoms with Crippen molar-refractivity contribution in [3.05, 3.63) is 72.6 Å². The van der Waals surface area contributed by atoms with E-state index in [1.807, 2.05) is 35.1 Å². The van der Waals surface area contributed by atoms with Crippen LogP contribution in [0.2, 0.25) is 25.7 Å². The molecule has 1 N–H and O–H groups in total. The summed E-state index contributed by atoms with van der Waals surface area (Å²) in [5, 5.41) is 16.5. The summed E-state index contributed by atoms with van der Waals surface area (Å²) in [5.41, 5.74) is 3.23. The highest BCUT2D eigenvalue weighted by Gasteiger charge is 2.17. The number of piperidine rings is 1. The Kier molecular flexibility index (Phi) is 8.23. The molecular formula is C30H38N4O3Si. The van der Waals surface area contributed by atoms with Crippen molar-refractivity contribution >= 4 is 18.8 Å². The molecule has 0 radical (unpaired) electrons. The average molecular weight is 531 g/mol. The third kappa shape index (κ3) is 7.08. The number of likely N-dealkylation sites (tertiary alicyclic amines) is 1. The number of nitrogens with zero attached hydrogens (tertiary/aromatic N) is 4. The van der Waals surface area contributed by atoms with Gasteiger partial charge in [0.15, 0.2) is 0 Å². The van der Waals surface area contributed by atoms with E-state index in [9.17, 15) is 5.11 Å². The van der Waals surface area contributed by atoms with Gasteiger partial charge in [0.25, 0.3) is 0 Å². The minimum Gasteiger partial charge on any atom is -0.439 e. The van der Waals surface area contributed by atoms with Crippen LogP contribution in [0.15, 0.2) is 67.0 Å². The second-order valence-corrected chi connectivity index (χ2v) is 17.0. The van der Waals surface area contributed by atoms with Crippen molar-refractivity contribution in [3.63, 3.8) is 0 Å². The summed E-state index contributed by atoms with van der Waals surface area (Å²) in [7, 11) is -1.11. The van der Waals surface area contributed by atoms with Gasteiger partial charge in [-0.2, -0.15) is 5.10 Å². The fourth-order valence-corrected chi connectivity index (χ4v) is 5.45. The second-order valence-electron chi connectivity index (χ2n) is 11.4. The standard InChI is InChI=1S/C30H38N4O3Si/c1-38(2,3)17-16-36-22-34-29(10-13-32-34)26-7-9-30(31-20-26)37-28-8-6-24-18-23(4-5-25(24)19-28)21-33-14-11-27(35)12-15-33/h4-10,13,18-20,27,35H,11-12,14-17,21-22H2,1-3H3. The topological polar surface area (TPSA) is 72.6 Å². The zero-order valence-electron chi connectivity index (χ0n) is 22.6. The highest BCUT2D eigenvalue weighted by molar-refractivity contribution is 6.76. The van der Waals surface area contributed by atoms with Gasteiger partial charge < -0.3 is 14.6 Å². The fourth-order valence-electron chi connectivity index (χ4n) is 4.69. The van der Waals surface area contributed by atoms with Crippen LogP contribution in [0.3, 0.4) is 0 Å². The molecule has 38 heavy (non-hydrogen) atoms. The predicted octanol–water partition coefficient (Wildman–Crippen LogP) is 6.16. The largest absolute Gasteiger partial charge is 0.439 e. The minimum atomic E-state index is -1.11. The first-order valence-corrected chi connectivity index (χ1v) is 17.2. The normalized spacial score (nSPS) is 15.3. The molecule has 200 valence electrons. The Morgan fingerprint density at radius 3 is 2.53 bits per heavy atom. The first kappa shape index (κ1) is 26.6. The number of aromatic nitrogens is 3. The van der Waals surface area contributed by atoms with E-state index in [-0.39, 0.29) is 6.10 Å². The Morgan fingerprint density at radius 2 is 1.76 bits per heavy atom. The number of fused-ring (bicyclic) bond motifs is 1. The second kappa shape index (κ2) is 11.8. The fraction of sp³-hybridized carbons (Fsp3) is 0.400. The van der Waals surface area contributed by atoms with Crippen molar-refractivity contribution in [2.75, 3.05) is 19.7 Å². The van der Waals surface area contributed by atoms with Crippen molar-refractivity contribution in [3.8, 4) is 22.9 Å². The monoisotopic (exact) mass is 530 g/mol. The molecule has 5 rings (SSSR count). The molecule has 0 bridgehead atoms. The molecule has 2 aromatic carbocycles. The number of aliphatic hydroxyl groups excluding tert-OH is 1. The highest BCUT2D eigenvalue weighted by Crippen LogP contribution is 2.27. The summed E-state index contributed by atoms with van der Waals surface area (Å²) in [4.78, 5) is 6.95. The molecule has 0 atom stereocenters. The van der Waals surface area contributed by atoms with Crippen molar-refractivity contribution < 1.29 is 14.6 Å². The molecule has 1 aliphatic rings. The van der Waals surface area contributed by atoms with Crippen LogP contribution in [-0.4, -0.2) is 58.6 Å². The lowest BCUT2D eigenvalue weighted by Crippen LogP contribution is -2.35. The Morgan fingerprint density at radius 1 is 0.974 bits per heavy atom. The van der Waals surface area contributed by atoms with E-state index in [0.717, 1.165) is 67.5 Å². The smallest absolute Gasteiger partial charge is 0.219 e. The van der Waals surface area contributed by atoms with Gasteiger partial charge in [0.2, 0.25) is 5.88 Å². The summed E-state index contributed by atoms with van der Waals surface area (Å²) >= 11 is 0. The molecule has 1 aliphatic heterocycles. The van der Waals surface area contributed by atoms with Crippen molar-refractivity contribution in [2.24, 2.45) is 0 Å². The number of rotatable bonds is 10. The van der Waals surface area contributed by atoms with Gasteiger partial charge in [-0.3, -0.25) is 4.90 Å². The Labute approximate surface area is 226 Å². The lowest BCUT2D eigenvalue weighted by molar-refractivity contribution is 0.0792. The predicted molar refractivity (Wildman–Crippen MR) is 154 cm³/mol. The van der Waals surface area contributed by atoms with Gasteiger partial charge in [-0.25, -0.2) is 9.67 Å².